The van der Waals surface area contributed by atoms with Crippen LogP contribution in [0.2, 0.25) is 0 Å². The van der Waals surface area contributed by atoms with E-state index in [0.717, 1.165) is 25.7 Å². The molecule has 7 nitrogen and oxygen atoms in total. The van der Waals surface area contributed by atoms with Gasteiger partial charge in [-0.1, -0.05) is 13.3 Å². The van der Waals surface area contributed by atoms with Gasteiger partial charge in [-0.05, 0) is 25.7 Å². The van der Waals surface area contributed by atoms with Crippen molar-refractivity contribution in [3.8, 4) is 0 Å². The van der Waals surface area contributed by atoms with Crippen molar-refractivity contribution in [1.29, 1.82) is 0 Å². The molecular weight excluding hydrogens is 246 g/mol. The second kappa shape index (κ2) is 5.16. The van der Waals surface area contributed by atoms with Crippen molar-refractivity contribution in [2.45, 2.75) is 44.6 Å². The topological polar surface area (TPSA) is 99.0 Å². The normalized spacial score (nSPS) is 17.0. The Balaban J connectivity index is 2.20. The van der Waals surface area contributed by atoms with Gasteiger partial charge in [-0.3, -0.25) is 10.1 Å². The number of aryl methyl sites for hydroxylation is 2. The number of nitro groups is 1. The molecule has 1 heterocycles. The fourth-order valence-corrected chi connectivity index (χ4v) is 2.43. The zero-order valence-corrected chi connectivity index (χ0v) is 11.5. The van der Waals surface area contributed by atoms with Crippen molar-refractivity contribution in [2.24, 2.45) is 12.8 Å². The second-order valence-electron chi connectivity index (χ2n) is 5.34. The molecule has 0 bridgehead atoms. The molecule has 7 heteroatoms. The van der Waals surface area contributed by atoms with Crippen molar-refractivity contribution in [3.05, 3.63) is 15.8 Å². The fraction of sp³-hybridized carbons (Fsp3) is 0.750. The van der Waals surface area contributed by atoms with E-state index in [9.17, 15) is 10.1 Å². The number of hydrogen-bond donors (Lipinski definition) is 2. The summed E-state index contributed by atoms with van der Waals surface area (Å²) in [7, 11) is 1.72. The summed E-state index contributed by atoms with van der Waals surface area (Å²) in [6.45, 7) is 2.54. The maximum absolute atomic E-state index is 11.2. The van der Waals surface area contributed by atoms with Crippen molar-refractivity contribution < 1.29 is 4.92 Å². The first kappa shape index (κ1) is 13.8. The molecule has 1 saturated carbocycles. The van der Waals surface area contributed by atoms with Gasteiger partial charge in [0, 0.05) is 19.1 Å². The van der Waals surface area contributed by atoms with Crippen LogP contribution in [-0.4, -0.2) is 26.8 Å². The minimum Gasteiger partial charge on any atom is -0.363 e. The Hall–Kier alpha value is -1.63. The molecule has 0 aromatic carbocycles. The number of nitrogens with zero attached hydrogens (tertiary/aromatic N) is 3. The quantitative estimate of drug-likeness (QED) is 0.602. The largest absolute Gasteiger partial charge is 0.363 e. The van der Waals surface area contributed by atoms with Crippen LogP contribution in [0.5, 0.6) is 0 Å². The van der Waals surface area contributed by atoms with Gasteiger partial charge in [0.2, 0.25) is 5.82 Å². The Morgan fingerprint density at radius 1 is 1.58 bits per heavy atom. The van der Waals surface area contributed by atoms with Crippen molar-refractivity contribution in [3.63, 3.8) is 0 Å². The van der Waals surface area contributed by atoms with Crippen LogP contribution in [0, 0.1) is 10.1 Å². The molecule has 1 aliphatic rings. The highest BCUT2D eigenvalue weighted by atomic mass is 16.6. The summed E-state index contributed by atoms with van der Waals surface area (Å²) in [4.78, 5) is 10.9. The first-order valence-electron chi connectivity index (χ1n) is 6.70. The van der Waals surface area contributed by atoms with E-state index < -0.39 is 0 Å². The smallest absolute Gasteiger partial charge is 0.333 e. The highest BCUT2D eigenvalue weighted by Crippen LogP contribution is 2.32. The summed E-state index contributed by atoms with van der Waals surface area (Å²) in [5.74, 6) is 0.463. The lowest BCUT2D eigenvalue weighted by atomic mass is 9.78. The number of anilines is 1. The number of nitrogens with one attached hydrogen (secondary N) is 1. The van der Waals surface area contributed by atoms with E-state index in [0.29, 0.717) is 24.5 Å². The molecule has 0 aliphatic heterocycles. The van der Waals surface area contributed by atoms with Crippen LogP contribution in [0.4, 0.5) is 11.5 Å². The van der Waals surface area contributed by atoms with Crippen LogP contribution in [0.3, 0.4) is 0 Å². The first-order valence-corrected chi connectivity index (χ1v) is 6.70. The van der Waals surface area contributed by atoms with Gasteiger partial charge in [0.05, 0.1) is 4.92 Å². The van der Waals surface area contributed by atoms with Gasteiger partial charge in [-0.25, -0.2) is 4.68 Å². The number of nitrogens with two attached hydrogens (primary N) is 1. The van der Waals surface area contributed by atoms with Gasteiger partial charge in [-0.15, -0.1) is 0 Å². The Kier molecular flexibility index (Phi) is 3.75. The SMILES string of the molecule is CCCc1nn(C)c(NCC2(N)CCC2)c1[N+](=O)[O-]. The van der Waals surface area contributed by atoms with Crippen LogP contribution in [0.15, 0.2) is 0 Å². The summed E-state index contributed by atoms with van der Waals surface area (Å²) < 4.78 is 1.55. The minimum atomic E-state index is -0.357. The number of hydrogen-bond acceptors (Lipinski definition) is 5. The monoisotopic (exact) mass is 267 g/mol. The third-order valence-corrected chi connectivity index (χ3v) is 3.72. The lowest BCUT2D eigenvalue weighted by molar-refractivity contribution is -0.384. The molecule has 0 radical (unpaired) electrons. The van der Waals surface area contributed by atoms with Crippen LogP contribution >= 0.6 is 0 Å². The van der Waals surface area contributed by atoms with Gasteiger partial charge in [0.1, 0.15) is 5.69 Å². The number of rotatable bonds is 6. The zero-order chi connectivity index (χ0) is 14.0. The van der Waals surface area contributed by atoms with E-state index in [2.05, 4.69) is 10.4 Å². The molecule has 1 aromatic rings. The lowest BCUT2D eigenvalue weighted by Gasteiger charge is -2.38. The molecule has 1 fully saturated rings. The molecule has 2 rings (SSSR count). The predicted molar refractivity (Wildman–Crippen MR) is 73.1 cm³/mol. The van der Waals surface area contributed by atoms with E-state index >= 15 is 0 Å². The molecule has 3 N–H and O–H groups in total. The Morgan fingerprint density at radius 3 is 2.74 bits per heavy atom. The van der Waals surface area contributed by atoms with Crippen LogP contribution in [-0.2, 0) is 13.5 Å². The summed E-state index contributed by atoms with van der Waals surface area (Å²) in [6.07, 6.45) is 4.51. The Bertz CT molecular complexity index is 479. The van der Waals surface area contributed by atoms with E-state index in [1.807, 2.05) is 6.92 Å². The van der Waals surface area contributed by atoms with Gasteiger partial charge in [0.15, 0.2) is 0 Å². The molecule has 0 saturated heterocycles. The predicted octanol–water partition coefficient (Wildman–Crippen LogP) is 1.57. The highest BCUT2D eigenvalue weighted by Gasteiger charge is 2.34. The zero-order valence-electron chi connectivity index (χ0n) is 11.5. The maximum Gasteiger partial charge on any atom is 0.333 e. The van der Waals surface area contributed by atoms with Crippen molar-refractivity contribution >= 4 is 11.5 Å². The first-order chi connectivity index (χ1) is 8.97. The minimum absolute atomic E-state index is 0.0901. The molecule has 0 atom stereocenters. The molecule has 1 aromatic heterocycles. The molecule has 19 heavy (non-hydrogen) atoms. The molecule has 0 amide bonds. The average Bonchev–Trinajstić information content (AvgIpc) is 2.61. The van der Waals surface area contributed by atoms with Gasteiger partial charge in [0.25, 0.3) is 0 Å². The summed E-state index contributed by atoms with van der Waals surface area (Å²) in [5, 5.41) is 18.6. The lowest BCUT2D eigenvalue weighted by Crippen LogP contribution is -2.52. The molecule has 1 aliphatic carbocycles. The van der Waals surface area contributed by atoms with Crippen molar-refractivity contribution in [2.75, 3.05) is 11.9 Å². The summed E-state index contributed by atoms with van der Waals surface area (Å²) in [5.41, 5.74) is 6.54. The van der Waals surface area contributed by atoms with Crippen LogP contribution < -0.4 is 11.1 Å². The highest BCUT2D eigenvalue weighted by molar-refractivity contribution is 5.60. The van der Waals surface area contributed by atoms with Crippen molar-refractivity contribution in [1.82, 2.24) is 9.78 Å². The van der Waals surface area contributed by atoms with Gasteiger partial charge in [-0.2, -0.15) is 5.10 Å². The van der Waals surface area contributed by atoms with E-state index in [4.69, 9.17) is 5.73 Å². The molecule has 0 unspecified atom stereocenters. The standard InChI is InChI=1S/C12H21N5O2/c1-3-5-9-10(17(18)19)11(16(2)15-9)14-8-12(13)6-4-7-12/h14H,3-8,13H2,1-2H3. The van der Waals surface area contributed by atoms with Crippen LogP contribution in [0.25, 0.3) is 0 Å². The van der Waals surface area contributed by atoms with Crippen LogP contribution in [0.1, 0.15) is 38.3 Å². The van der Waals surface area contributed by atoms with E-state index in [1.165, 1.54) is 0 Å². The summed E-state index contributed by atoms with van der Waals surface area (Å²) >= 11 is 0. The van der Waals surface area contributed by atoms with Gasteiger partial charge >= 0.3 is 5.69 Å². The van der Waals surface area contributed by atoms with E-state index in [1.54, 1.807) is 11.7 Å². The third kappa shape index (κ3) is 2.70. The molecule has 0 spiro atoms. The maximum atomic E-state index is 11.2. The Morgan fingerprint density at radius 2 is 2.26 bits per heavy atom. The Labute approximate surface area is 112 Å². The molecular formula is C12H21N5O2. The third-order valence-electron chi connectivity index (χ3n) is 3.72. The van der Waals surface area contributed by atoms with Gasteiger partial charge < -0.3 is 11.1 Å². The average molecular weight is 267 g/mol. The number of aromatic nitrogens is 2. The fourth-order valence-electron chi connectivity index (χ4n) is 2.43. The molecule has 106 valence electrons. The second-order valence-corrected chi connectivity index (χ2v) is 5.34. The van der Waals surface area contributed by atoms with E-state index in [-0.39, 0.29) is 16.1 Å². The summed E-state index contributed by atoms with van der Waals surface area (Å²) in [6, 6.07) is 0.